The molecule has 0 aromatic heterocycles. The largest absolute Gasteiger partial charge is 0.480 e. The molecule has 0 aliphatic carbocycles. The lowest BCUT2D eigenvalue weighted by Gasteiger charge is -2.45. The number of aliphatic carboxylic acids is 3. The highest BCUT2D eigenvalue weighted by molar-refractivity contribution is 8.00. The summed E-state index contributed by atoms with van der Waals surface area (Å²) >= 11 is 5.81. The first kappa shape index (κ1) is 85.2. The standard InChI is InChI=1S/C57H105N7O27S4/c1-5-62(26-39(66)67)12-13-63(27-40(68)69)14-15-64(28-41(70)71)25-38(65)61-11-24-94-21-7-16-83-51-47(77)44(74)35(89-54(51)82-4)30-86-56-53(84-17-6-19-92-22-9-58)49(79)45(75)36(91-56)31-87-55-52(48(78)43(73)34(90-55)29-81-3)85-18-8-20-93-23-10-60-37(59)32-95-57-50(80)46(76)42(72)33(2)88-57/h33-36,42-57,72-80H,5-32,58H2,1-4H3,(H2,59,60)(H,61,65)(H,66,67)(H,68,69)(H,70,71)/t33?,34?,35?,36?,42?,43-,44-,45-,46?,47?,48?,49?,50?,51?,52?,53?,54?,55?,56?,57-/m1/s1. The summed E-state index contributed by atoms with van der Waals surface area (Å²) in [4.78, 5) is 56.1. The fourth-order valence-corrected chi connectivity index (χ4v) is 13.6. The summed E-state index contributed by atoms with van der Waals surface area (Å²) in [6.45, 7) is 3.55. The van der Waals surface area contributed by atoms with Crippen LogP contribution in [-0.4, -0.2) is 400 Å². The zero-order valence-corrected chi connectivity index (χ0v) is 57.7. The van der Waals surface area contributed by atoms with Gasteiger partial charge in [-0.1, -0.05) is 6.92 Å². The first-order valence-corrected chi connectivity index (χ1v) is 36.2. The average molecular weight is 1450 g/mol. The Morgan fingerprint density at radius 3 is 1.47 bits per heavy atom. The van der Waals surface area contributed by atoms with Gasteiger partial charge in [0.15, 0.2) is 18.9 Å². The summed E-state index contributed by atoms with van der Waals surface area (Å²) in [5.74, 6) is 0.432. The molecule has 38 heteroatoms. The number of carbonyl (C=O) groups is 4. The summed E-state index contributed by atoms with van der Waals surface area (Å²) in [7, 11) is 2.71. The fraction of sp³-hybridized carbons (Fsp3) is 0.912. The van der Waals surface area contributed by atoms with Gasteiger partial charge in [-0.3, -0.25) is 38.9 Å². The van der Waals surface area contributed by atoms with Crippen molar-refractivity contribution in [3.05, 3.63) is 0 Å². The molecule has 0 aromatic carbocycles. The number of hydrogen-bond acceptors (Lipinski definition) is 33. The summed E-state index contributed by atoms with van der Waals surface area (Å²) in [6.07, 6.45) is -23.6. The third-order valence-corrected chi connectivity index (χ3v) is 19.9. The normalized spacial score (nSPS) is 31.5. The average Bonchev–Trinajstić information content (AvgIpc) is 0.812. The molecule has 0 saturated carbocycles. The predicted octanol–water partition coefficient (Wildman–Crippen LogP) is -5.65. The van der Waals surface area contributed by atoms with Gasteiger partial charge < -0.3 is 130 Å². The van der Waals surface area contributed by atoms with E-state index in [4.69, 9.17) is 68.7 Å². The zero-order valence-electron chi connectivity index (χ0n) is 54.4. The number of thioether (sulfide) groups is 4. The number of hydrogen-bond donors (Lipinski definition) is 15. The number of carboxylic acids is 3. The highest BCUT2D eigenvalue weighted by atomic mass is 32.2. The lowest BCUT2D eigenvalue weighted by molar-refractivity contribution is -0.348. The number of aliphatic hydroxyl groups excluding tert-OH is 9. The molecule has 4 saturated heterocycles. The fourth-order valence-electron chi connectivity index (χ4n) is 10.3. The molecule has 16 unspecified atom stereocenters. The van der Waals surface area contributed by atoms with Crippen LogP contribution in [0.2, 0.25) is 0 Å². The van der Waals surface area contributed by atoms with Gasteiger partial charge >= 0.3 is 17.9 Å². The van der Waals surface area contributed by atoms with Crippen molar-refractivity contribution in [2.45, 2.75) is 155 Å². The Morgan fingerprint density at radius 2 is 0.979 bits per heavy atom. The molecule has 4 heterocycles. The number of nitrogens with one attached hydrogen (secondary N) is 1. The lowest BCUT2D eigenvalue weighted by Crippen LogP contribution is -2.63. The van der Waals surface area contributed by atoms with E-state index in [9.17, 15) is 75.3 Å². The Balaban J connectivity index is 1.26. The topological polar surface area (TPSA) is 499 Å². The van der Waals surface area contributed by atoms with Gasteiger partial charge in [-0.25, -0.2) is 0 Å². The number of ether oxygens (including phenoxy) is 11. The van der Waals surface area contributed by atoms with E-state index >= 15 is 0 Å². The smallest absolute Gasteiger partial charge is 0.317 e. The molecule has 4 rings (SSSR count). The van der Waals surface area contributed by atoms with Crippen molar-refractivity contribution in [2.24, 2.45) is 16.5 Å². The summed E-state index contributed by atoms with van der Waals surface area (Å²) in [6, 6.07) is 0. The Labute approximate surface area is 570 Å². The van der Waals surface area contributed by atoms with Crippen LogP contribution in [0.5, 0.6) is 0 Å². The van der Waals surface area contributed by atoms with E-state index in [2.05, 4.69) is 10.3 Å². The molecule has 0 bridgehead atoms. The van der Waals surface area contributed by atoms with Crippen molar-refractivity contribution in [2.75, 3.05) is 173 Å². The summed E-state index contributed by atoms with van der Waals surface area (Å²) < 4.78 is 65.1. The van der Waals surface area contributed by atoms with Crippen LogP contribution in [0.25, 0.3) is 0 Å². The van der Waals surface area contributed by atoms with Gasteiger partial charge in [0.2, 0.25) is 5.91 Å². The Hall–Kier alpha value is -2.21. The molecule has 0 aromatic rings. The molecule has 1 amide bonds. The summed E-state index contributed by atoms with van der Waals surface area (Å²) in [5.41, 5.74) is 10.9. The minimum atomic E-state index is -1.63. The maximum atomic E-state index is 12.8. The highest BCUT2D eigenvalue weighted by Crippen LogP contribution is 2.32. The lowest BCUT2D eigenvalue weighted by atomic mass is 9.97. The second-order valence-electron chi connectivity index (χ2n) is 22.9. The number of amides is 1. The number of carbonyl (C=O) groups excluding carboxylic acids is 1. The highest BCUT2D eigenvalue weighted by Gasteiger charge is 2.51. The van der Waals surface area contributed by atoms with E-state index < -0.39 is 166 Å². The van der Waals surface area contributed by atoms with E-state index in [1.165, 1.54) is 30.9 Å². The maximum absolute atomic E-state index is 12.8. The quantitative estimate of drug-likeness (QED) is 0.0153. The number of nitrogens with two attached hydrogens (primary N) is 2. The van der Waals surface area contributed by atoms with Gasteiger partial charge in [-0.05, 0) is 50.0 Å². The molecule has 4 aliphatic heterocycles. The minimum absolute atomic E-state index is 0.0613. The summed E-state index contributed by atoms with van der Waals surface area (Å²) in [5, 5.41) is 129. The van der Waals surface area contributed by atoms with Crippen molar-refractivity contribution >= 4 is 76.7 Å². The van der Waals surface area contributed by atoms with Gasteiger partial charge in [0, 0.05) is 97.1 Å². The molecule has 4 fully saturated rings. The Kier molecular flexibility index (Phi) is 42.2. The van der Waals surface area contributed by atoms with Crippen LogP contribution in [0.4, 0.5) is 0 Å². The van der Waals surface area contributed by atoms with Gasteiger partial charge in [0.1, 0.15) is 103 Å². The first-order chi connectivity index (χ1) is 45.4. The van der Waals surface area contributed by atoms with E-state index in [0.29, 0.717) is 73.5 Å². The minimum Gasteiger partial charge on any atom is -0.480 e. The van der Waals surface area contributed by atoms with Crippen molar-refractivity contribution < 1.29 is 133 Å². The van der Waals surface area contributed by atoms with Crippen molar-refractivity contribution in [1.82, 2.24) is 20.0 Å². The first-order valence-electron chi connectivity index (χ1n) is 31.7. The molecular weight excluding hydrogens is 1340 g/mol. The molecule has 17 N–H and O–H groups in total. The third-order valence-electron chi connectivity index (χ3n) is 15.5. The van der Waals surface area contributed by atoms with Crippen LogP contribution in [-0.2, 0) is 71.3 Å². The van der Waals surface area contributed by atoms with E-state index in [1.54, 1.807) is 47.2 Å². The second kappa shape index (κ2) is 47.1. The molecule has 4 aliphatic rings. The molecule has 20 atom stereocenters. The molecule has 0 spiro atoms. The molecular formula is C57H105N7O27S4. The van der Waals surface area contributed by atoms with Crippen LogP contribution in [0.1, 0.15) is 33.1 Å². The van der Waals surface area contributed by atoms with E-state index in [-0.39, 0.29) is 84.5 Å². The number of amidine groups is 1. The van der Waals surface area contributed by atoms with Crippen LogP contribution in [0.15, 0.2) is 4.99 Å². The number of methoxy groups -OCH3 is 2. The number of aliphatic imine (C=N–C) groups is 1. The Bertz CT molecular complexity index is 2190. The van der Waals surface area contributed by atoms with Crippen LogP contribution in [0.3, 0.4) is 0 Å². The number of likely N-dealkylation sites (N-methyl/N-ethyl adjacent to an activating group) is 1. The number of nitrogens with zero attached hydrogens (tertiary/aromatic N) is 4. The maximum Gasteiger partial charge on any atom is 0.317 e. The third kappa shape index (κ3) is 30.5. The van der Waals surface area contributed by atoms with Crippen molar-refractivity contribution in [3.63, 3.8) is 0 Å². The van der Waals surface area contributed by atoms with Gasteiger partial charge in [-0.2, -0.15) is 35.3 Å². The number of aliphatic hydroxyl groups is 9. The van der Waals surface area contributed by atoms with Gasteiger partial charge in [0.05, 0.1) is 57.9 Å². The van der Waals surface area contributed by atoms with Gasteiger partial charge in [0.25, 0.3) is 0 Å². The monoisotopic (exact) mass is 1450 g/mol. The number of carboxylic acid groups (broad SMARTS) is 3. The Morgan fingerprint density at radius 1 is 0.526 bits per heavy atom. The van der Waals surface area contributed by atoms with Gasteiger partial charge in [-0.15, -0.1) is 11.8 Å². The van der Waals surface area contributed by atoms with Crippen molar-refractivity contribution in [1.29, 1.82) is 0 Å². The van der Waals surface area contributed by atoms with E-state index in [0.717, 1.165) is 17.5 Å². The molecule has 0 radical (unpaired) electrons. The van der Waals surface area contributed by atoms with Crippen LogP contribution >= 0.6 is 47.0 Å². The SMILES string of the molecule is CCN(CCN(CCN(CC(=O)O)CC(=O)NCCSCCCOC1C(OC)OC(COC2OC(COC3OC(COC)[C@@H](O)C(O)C3OCCCSCCN=C(N)CS[C@H]3OC(C)C(O)C(O)C3O)[C@@H](O)C(O)C2OCCCSCCN)[C@@H](O)C1O)CC(=O)O)CC(=O)O. The second-order valence-corrected chi connectivity index (χ2v) is 27.6. The predicted molar refractivity (Wildman–Crippen MR) is 349 cm³/mol. The number of rotatable bonds is 50. The van der Waals surface area contributed by atoms with Crippen molar-refractivity contribution in [3.8, 4) is 0 Å². The van der Waals surface area contributed by atoms with Crippen LogP contribution < -0.4 is 16.8 Å². The molecule has 95 heavy (non-hydrogen) atoms. The molecule has 34 nitrogen and oxygen atoms in total. The zero-order chi connectivity index (χ0) is 70.0. The van der Waals surface area contributed by atoms with E-state index in [1.807, 2.05) is 0 Å². The van der Waals surface area contributed by atoms with Crippen LogP contribution in [0, 0.1) is 0 Å². The molecule has 554 valence electrons.